The van der Waals surface area contributed by atoms with E-state index in [0.29, 0.717) is 6.54 Å². The van der Waals surface area contributed by atoms with E-state index in [-0.39, 0.29) is 24.2 Å². The van der Waals surface area contributed by atoms with Gasteiger partial charge >= 0.3 is 0 Å². The van der Waals surface area contributed by atoms with Gasteiger partial charge in [0.25, 0.3) is 0 Å². The van der Waals surface area contributed by atoms with Crippen LogP contribution in [0.4, 0.5) is 4.39 Å². The summed E-state index contributed by atoms with van der Waals surface area (Å²) in [6, 6.07) is 12.1. The highest BCUT2D eigenvalue weighted by Crippen LogP contribution is 2.23. The number of benzene rings is 1. The van der Waals surface area contributed by atoms with Gasteiger partial charge in [-0.2, -0.15) is 0 Å². The number of aryl methyl sites for hydroxylation is 1. The molecule has 0 aliphatic carbocycles. The Morgan fingerprint density at radius 1 is 1.24 bits per heavy atom. The van der Waals surface area contributed by atoms with Crippen LogP contribution in [0.15, 0.2) is 60.2 Å². The molecule has 0 radical (unpaired) electrons. The van der Waals surface area contributed by atoms with Crippen molar-refractivity contribution in [2.24, 2.45) is 0 Å². The minimum Gasteiger partial charge on any atom is -0.356 e. The normalized spacial score (nSPS) is 12.1. The van der Waals surface area contributed by atoms with Crippen LogP contribution in [0.1, 0.15) is 28.5 Å². The molecular weight excluding hydrogens is 335 g/mol. The van der Waals surface area contributed by atoms with Gasteiger partial charge in [-0.1, -0.05) is 12.1 Å². The van der Waals surface area contributed by atoms with Gasteiger partial charge in [-0.3, -0.25) is 4.79 Å². The van der Waals surface area contributed by atoms with Gasteiger partial charge in [0.2, 0.25) is 5.91 Å². The van der Waals surface area contributed by atoms with E-state index in [2.05, 4.69) is 23.7 Å². The second-order valence-corrected chi connectivity index (χ2v) is 7.03. The van der Waals surface area contributed by atoms with Crippen molar-refractivity contribution in [2.45, 2.75) is 25.8 Å². The minimum absolute atomic E-state index is 0.0304. The van der Waals surface area contributed by atoms with Gasteiger partial charge in [0, 0.05) is 23.8 Å². The van der Waals surface area contributed by atoms with E-state index in [1.165, 1.54) is 22.6 Å². The van der Waals surface area contributed by atoms with Crippen LogP contribution in [0, 0.1) is 12.7 Å². The van der Waals surface area contributed by atoms with Gasteiger partial charge in [0.1, 0.15) is 5.82 Å². The third-order valence-electron chi connectivity index (χ3n) is 4.24. The number of hydrogen-bond donors (Lipinski definition) is 1. The van der Waals surface area contributed by atoms with E-state index in [9.17, 15) is 9.18 Å². The van der Waals surface area contributed by atoms with Gasteiger partial charge in [-0.05, 0) is 60.2 Å². The van der Waals surface area contributed by atoms with Crippen LogP contribution in [0.5, 0.6) is 0 Å². The number of rotatable bonds is 7. The smallest absolute Gasteiger partial charge is 0.222 e. The molecule has 0 aliphatic rings. The zero-order valence-electron chi connectivity index (χ0n) is 14.1. The number of amides is 1. The molecule has 0 saturated carbocycles. The van der Waals surface area contributed by atoms with Crippen molar-refractivity contribution in [3.05, 3.63) is 82.1 Å². The Morgan fingerprint density at radius 2 is 2.04 bits per heavy atom. The highest BCUT2D eigenvalue weighted by atomic mass is 32.1. The molecule has 0 bridgehead atoms. The lowest BCUT2D eigenvalue weighted by molar-refractivity contribution is -0.121. The van der Waals surface area contributed by atoms with E-state index in [4.69, 9.17) is 0 Å². The molecule has 0 spiro atoms. The molecular formula is C20H21FN2OS. The van der Waals surface area contributed by atoms with Crippen LogP contribution in [-0.4, -0.2) is 17.0 Å². The molecule has 1 N–H and O–H groups in total. The zero-order chi connectivity index (χ0) is 17.6. The van der Waals surface area contributed by atoms with Crippen LogP contribution in [0.3, 0.4) is 0 Å². The Labute approximate surface area is 151 Å². The van der Waals surface area contributed by atoms with Crippen LogP contribution in [0.2, 0.25) is 0 Å². The summed E-state index contributed by atoms with van der Waals surface area (Å²) in [5, 5.41) is 5.05. The summed E-state index contributed by atoms with van der Waals surface area (Å²) in [6.45, 7) is 2.70. The third kappa shape index (κ3) is 4.57. The standard InChI is InChI=1S/C20H21FN2OS/c1-15-8-12-25-19(15)7-9-22-20(24)14-18(23-10-2-3-11-23)16-5-4-6-17(21)13-16/h2-6,8,10-13,18H,7,9,14H2,1H3,(H,22,24)/t18-/m0/s1. The monoisotopic (exact) mass is 356 g/mol. The maximum atomic E-state index is 13.6. The molecule has 0 unspecified atom stereocenters. The molecule has 0 saturated heterocycles. The molecule has 1 amide bonds. The summed E-state index contributed by atoms with van der Waals surface area (Å²) >= 11 is 1.71. The number of hydrogen-bond acceptors (Lipinski definition) is 2. The molecule has 1 aromatic carbocycles. The van der Waals surface area contributed by atoms with Gasteiger partial charge < -0.3 is 9.88 Å². The highest BCUT2D eigenvalue weighted by molar-refractivity contribution is 7.10. The van der Waals surface area contributed by atoms with Crippen LogP contribution < -0.4 is 5.32 Å². The Hall–Kier alpha value is -2.40. The molecule has 1 atom stereocenters. The fourth-order valence-corrected chi connectivity index (χ4v) is 3.80. The lowest BCUT2D eigenvalue weighted by Gasteiger charge is -2.19. The quantitative estimate of drug-likeness (QED) is 0.671. The summed E-state index contributed by atoms with van der Waals surface area (Å²) < 4.78 is 15.5. The first-order chi connectivity index (χ1) is 12.1. The minimum atomic E-state index is -0.289. The Morgan fingerprint density at radius 3 is 2.72 bits per heavy atom. The Kier molecular flexibility index (Phi) is 5.66. The number of nitrogens with zero attached hydrogens (tertiary/aromatic N) is 1. The fourth-order valence-electron chi connectivity index (χ4n) is 2.89. The van der Waals surface area contributed by atoms with Crippen molar-refractivity contribution in [3.8, 4) is 0 Å². The molecule has 3 aromatic rings. The van der Waals surface area contributed by atoms with Gasteiger partial charge in [0.15, 0.2) is 0 Å². The SMILES string of the molecule is Cc1ccsc1CCNC(=O)C[C@@H](c1cccc(F)c1)n1cccc1. The second-order valence-electron chi connectivity index (χ2n) is 6.03. The van der Waals surface area contributed by atoms with Crippen molar-refractivity contribution < 1.29 is 9.18 Å². The van der Waals surface area contributed by atoms with Crippen LogP contribution in [-0.2, 0) is 11.2 Å². The summed E-state index contributed by atoms with van der Waals surface area (Å²) in [6.07, 6.45) is 4.92. The number of halogens is 1. The average Bonchev–Trinajstić information content (AvgIpc) is 3.25. The second kappa shape index (κ2) is 8.12. The molecule has 3 rings (SSSR count). The number of carbonyl (C=O) groups is 1. The average molecular weight is 356 g/mol. The van der Waals surface area contributed by atoms with Gasteiger partial charge in [-0.15, -0.1) is 11.3 Å². The number of nitrogens with one attached hydrogen (secondary N) is 1. The number of thiophene rings is 1. The molecule has 5 heteroatoms. The third-order valence-corrected chi connectivity index (χ3v) is 5.32. The Balaban J connectivity index is 1.64. The maximum Gasteiger partial charge on any atom is 0.222 e. The molecule has 0 aliphatic heterocycles. The van der Waals surface area contributed by atoms with E-state index in [1.807, 2.05) is 35.2 Å². The van der Waals surface area contributed by atoms with Crippen molar-refractivity contribution in [3.63, 3.8) is 0 Å². The maximum absolute atomic E-state index is 13.6. The van der Waals surface area contributed by atoms with Crippen molar-refractivity contribution in [1.82, 2.24) is 9.88 Å². The van der Waals surface area contributed by atoms with Crippen molar-refractivity contribution in [1.29, 1.82) is 0 Å². The zero-order valence-corrected chi connectivity index (χ0v) is 14.9. The summed E-state index contributed by atoms with van der Waals surface area (Å²) in [5.74, 6) is -0.319. The largest absolute Gasteiger partial charge is 0.356 e. The topological polar surface area (TPSA) is 34.0 Å². The van der Waals surface area contributed by atoms with E-state index < -0.39 is 0 Å². The summed E-state index contributed by atoms with van der Waals surface area (Å²) in [7, 11) is 0. The molecule has 0 fully saturated rings. The summed E-state index contributed by atoms with van der Waals surface area (Å²) in [4.78, 5) is 13.7. The number of carbonyl (C=O) groups excluding carboxylic acids is 1. The first-order valence-electron chi connectivity index (χ1n) is 8.31. The van der Waals surface area contributed by atoms with Crippen molar-refractivity contribution >= 4 is 17.2 Å². The molecule has 130 valence electrons. The summed E-state index contributed by atoms with van der Waals surface area (Å²) in [5.41, 5.74) is 2.06. The highest BCUT2D eigenvalue weighted by Gasteiger charge is 2.17. The van der Waals surface area contributed by atoms with Crippen LogP contribution in [0.25, 0.3) is 0 Å². The lowest BCUT2D eigenvalue weighted by Crippen LogP contribution is -2.28. The predicted octanol–water partition coefficient (Wildman–Crippen LogP) is 4.34. The van der Waals surface area contributed by atoms with E-state index in [0.717, 1.165) is 12.0 Å². The van der Waals surface area contributed by atoms with Crippen LogP contribution >= 0.6 is 11.3 Å². The predicted molar refractivity (Wildman–Crippen MR) is 99.4 cm³/mol. The first kappa shape index (κ1) is 17.4. The van der Waals surface area contributed by atoms with E-state index in [1.54, 1.807) is 17.4 Å². The lowest BCUT2D eigenvalue weighted by atomic mass is 10.0. The Bertz CT molecular complexity index is 826. The number of aromatic nitrogens is 1. The fraction of sp³-hybridized carbons (Fsp3) is 0.250. The van der Waals surface area contributed by atoms with Crippen molar-refractivity contribution in [2.75, 3.05) is 6.54 Å². The molecule has 3 nitrogen and oxygen atoms in total. The van der Waals surface area contributed by atoms with Gasteiger partial charge in [0.05, 0.1) is 12.5 Å². The molecule has 2 heterocycles. The van der Waals surface area contributed by atoms with Gasteiger partial charge in [-0.25, -0.2) is 4.39 Å². The van der Waals surface area contributed by atoms with E-state index >= 15 is 0 Å². The molecule has 2 aromatic heterocycles. The first-order valence-corrected chi connectivity index (χ1v) is 9.19. The molecule has 25 heavy (non-hydrogen) atoms.